The second kappa shape index (κ2) is 11.3. The summed E-state index contributed by atoms with van der Waals surface area (Å²) in [5.74, 6) is 0.133. The highest BCUT2D eigenvalue weighted by molar-refractivity contribution is 5.98. The molecule has 3 aromatic carbocycles. The summed E-state index contributed by atoms with van der Waals surface area (Å²) in [6.07, 6.45) is -1.22. The van der Waals surface area contributed by atoms with Crippen molar-refractivity contribution in [1.29, 1.82) is 0 Å². The van der Waals surface area contributed by atoms with Crippen molar-refractivity contribution in [3.05, 3.63) is 100 Å². The quantitative estimate of drug-likeness (QED) is 0.249. The van der Waals surface area contributed by atoms with Gasteiger partial charge in [0.25, 0.3) is 5.56 Å². The molecular formula is C32H35FN2O4. The van der Waals surface area contributed by atoms with E-state index in [-0.39, 0.29) is 17.0 Å². The van der Waals surface area contributed by atoms with Gasteiger partial charge in [-0.1, -0.05) is 83.1 Å². The van der Waals surface area contributed by atoms with Gasteiger partial charge in [-0.05, 0) is 41.2 Å². The van der Waals surface area contributed by atoms with E-state index in [1.165, 1.54) is 6.07 Å². The molecule has 0 aliphatic heterocycles. The molecule has 1 unspecified atom stereocenters. The van der Waals surface area contributed by atoms with Crippen LogP contribution in [0.3, 0.4) is 0 Å². The van der Waals surface area contributed by atoms with Gasteiger partial charge in [-0.25, -0.2) is 9.18 Å². The van der Waals surface area contributed by atoms with Gasteiger partial charge in [-0.15, -0.1) is 0 Å². The zero-order chi connectivity index (χ0) is 28.3. The molecule has 1 heterocycles. The summed E-state index contributed by atoms with van der Waals surface area (Å²) in [6.45, 7) is 10.3. The number of aromatic nitrogens is 1. The van der Waals surface area contributed by atoms with E-state index in [0.29, 0.717) is 40.9 Å². The normalized spacial score (nSPS) is 12.5. The number of halogens is 1. The van der Waals surface area contributed by atoms with Gasteiger partial charge in [-0.2, -0.15) is 0 Å². The molecule has 0 saturated carbocycles. The molecule has 4 aromatic rings. The number of hydrogen-bond acceptors (Lipinski definition) is 3. The molecule has 4 rings (SSSR count). The van der Waals surface area contributed by atoms with Crippen molar-refractivity contribution in [3.8, 4) is 16.9 Å². The standard InChI is InChI=1S/C32H35FN2O4/c1-20(2)18-35-28(29(32(3,4)5)34-31(37)38)27(24-13-9-10-14-26(24)33)25-17-22(15-16-23(25)30(35)36)39-19-21-11-7-6-8-12-21/h6-17,20,29,34H,18-19H2,1-5H3,(H,37,38). The molecular weight excluding hydrogens is 495 g/mol. The minimum absolute atomic E-state index is 0.0753. The van der Waals surface area contributed by atoms with E-state index in [2.05, 4.69) is 5.32 Å². The summed E-state index contributed by atoms with van der Waals surface area (Å²) in [5, 5.41) is 13.4. The van der Waals surface area contributed by atoms with E-state index >= 15 is 4.39 Å². The molecule has 0 aliphatic carbocycles. The zero-order valence-corrected chi connectivity index (χ0v) is 23.0. The van der Waals surface area contributed by atoms with E-state index in [0.717, 1.165) is 5.56 Å². The van der Waals surface area contributed by atoms with Crippen LogP contribution in [0.5, 0.6) is 5.75 Å². The van der Waals surface area contributed by atoms with Crippen molar-refractivity contribution in [2.45, 2.75) is 53.8 Å². The van der Waals surface area contributed by atoms with Crippen molar-refractivity contribution in [1.82, 2.24) is 9.88 Å². The first-order valence-corrected chi connectivity index (χ1v) is 13.1. The third-order valence-corrected chi connectivity index (χ3v) is 6.63. The SMILES string of the molecule is CC(C)Cn1c(C(NC(=O)O)C(C)(C)C)c(-c2ccccc2F)c2cc(OCc3ccccc3)ccc2c1=O. The first-order chi connectivity index (χ1) is 18.5. The predicted molar refractivity (Wildman–Crippen MR) is 153 cm³/mol. The molecule has 7 heteroatoms. The van der Waals surface area contributed by atoms with Crippen molar-refractivity contribution >= 4 is 16.9 Å². The highest BCUT2D eigenvalue weighted by Crippen LogP contribution is 2.42. The molecule has 0 fully saturated rings. The summed E-state index contributed by atoms with van der Waals surface area (Å²) in [6, 6.07) is 20.5. The topological polar surface area (TPSA) is 80.6 Å². The Morgan fingerprint density at radius 1 is 1.00 bits per heavy atom. The summed E-state index contributed by atoms with van der Waals surface area (Å²) in [4.78, 5) is 26.0. The van der Waals surface area contributed by atoms with Crippen LogP contribution >= 0.6 is 0 Å². The molecule has 1 amide bonds. The van der Waals surface area contributed by atoms with E-state index < -0.39 is 23.4 Å². The molecule has 204 valence electrons. The Labute approximate surface area is 228 Å². The maximum absolute atomic E-state index is 15.5. The Hall–Kier alpha value is -4.13. The summed E-state index contributed by atoms with van der Waals surface area (Å²) >= 11 is 0. The molecule has 0 spiro atoms. The van der Waals surface area contributed by atoms with E-state index in [1.54, 1.807) is 41.0 Å². The lowest BCUT2D eigenvalue weighted by atomic mass is 9.80. The lowest BCUT2D eigenvalue weighted by molar-refractivity contribution is 0.172. The zero-order valence-electron chi connectivity index (χ0n) is 23.0. The molecule has 39 heavy (non-hydrogen) atoms. The second-order valence-corrected chi connectivity index (χ2v) is 11.3. The highest BCUT2D eigenvalue weighted by Gasteiger charge is 2.35. The van der Waals surface area contributed by atoms with Gasteiger partial charge in [-0.3, -0.25) is 4.79 Å². The number of nitrogens with zero attached hydrogens (tertiary/aromatic N) is 1. The fourth-order valence-electron chi connectivity index (χ4n) is 4.89. The predicted octanol–water partition coefficient (Wildman–Crippen LogP) is 7.40. The van der Waals surface area contributed by atoms with Crippen molar-refractivity contribution < 1.29 is 19.0 Å². The number of amides is 1. The molecule has 2 N–H and O–H groups in total. The Morgan fingerprint density at radius 2 is 1.67 bits per heavy atom. The Balaban J connectivity index is 2.08. The lowest BCUT2D eigenvalue weighted by Crippen LogP contribution is -2.40. The van der Waals surface area contributed by atoms with Crippen LogP contribution in [0.4, 0.5) is 9.18 Å². The number of pyridine rings is 1. The van der Waals surface area contributed by atoms with Gasteiger partial charge in [0.05, 0.1) is 11.7 Å². The number of carboxylic acid groups (broad SMARTS) is 1. The summed E-state index contributed by atoms with van der Waals surface area (Å²) in [5.41, 5.74) is 1.28. The third-order valence-electron chi connectivity index (χ3n) is 6.63. The fraction of sp³-hybridized carbons (Fsp3) is 0.312. The van der Waals surface area contributed by atoms with E-state index in [9.17, 15) is 14.7 Å². The van der Waals surface area contributed by atoms with Crippen LogP contribution in [0.15, 0.2) is 77.6 Å². The number of hydrogen-bond donors (Lipinski definition) is 2. The van der Waals surface area contributed by atoms with Crippen LogP contribution < -0.4 is 15.6 Å². The molecule has 6 nitrogen and oxygen atoms in total. The minimum Gasteiger partial charge on any atom is -0.489 e. The highest BCUT2D eigenvalue weighted by atomic mass is 19.1. The van der Waals surface area contributed by atoms with Crippen LogP contribution in [0, 0.1) is 17.2 Å². The summed E-state index contributed by atoms with van der Waals surface area (Å²) in [7, 11) is 0. The van der Waals surface area contributed by atoms with Gasteiger partial charge in [0.1, 0.15) is 18.2 Å². The van der Waals surface area contributed by atoms with Crippen LogP contribution in [0.2, 0.25) is 0 Å². The third kappa shape index (κ3) is 6.14. The van der Waals surface area contributed by atoms with Gasteiger partial charge in [0.15, 0.2) is 0 Å². The molecule has 1 atom stereocenters. The van der Waals surface area contributed by atoms with Crippen LogP contribution in [0.1, 0.15) is 51.9 Å². The summed E-state index contributed by atoms with van der Waals surface area (Å²) < 4.78 is 23.2. The fourth-order valence-corrected chi connectivity index (χ4v) is 4.89. The van der Waals surface area contributed by atoms with Gasteiger partial charge >= 0.3 is 6.09 Å². The second-order valence-electron chi connectivity index (χ2n) is 11.3. The Morgan fingerprint density at radius 3 is 2.28 bits per heavy atom. The monoisotopic (exact) mass is 530 g/mol. The number of nitrogens with one attached hydrogen (secondary N) is 1. The maximum Gasteiger partial charge on any atom is 0.405 e. The first-order valence-electron chi connectivity index (χ1n) is 13.1. The van der Waals surface area contributed by atoms with E-state index in [1.807, 2.05) is 65.0 Å². The molecule has 0 saturated heterocycles. The Bertz CT molecular complexity index is 1540. The average Bonchev–Trinajstić information content (AvgIpc) is 2.88. The number of benzene rings is 3. The number of ether oxygens (including phenoxy) is 1. The molecule has 0 aliphatic rings. The smallest absolute Gasteiger partial charge is 0.405 e. The van der Waals surface area contributed by atoms with Crippen LogP contribution in [-0.4, -0.2) is 15.8 Å². The number of rotatable bonds is 8. The Kier molecular flexibility index (Phi) is 8.09. The van der Waals surface area contributed by atoms with Gasteiger partial charge in [0.2, 0.25) is 0 Å². The number of carbonyl (C=O) groups is 1. The van der Waals surface area contributed by atoms with E-state index in [4.69, 9.17) is 4.74 Å². The maximum atomic E-state index is 15.5. The van der Waals surface area contributed by atoms with Gasteiger partial charge < -0.3 is 19.7 Å². The molecule has 1 aromatic heterocycles. The van der Waals surface area contributed by atoms with Crippen molar-refractivity contribution in [2.75, 3.05) is 0 Å². The molecule has 0 bridgehead atoms. The lowest BCUT2D eigenvalue weighted by Gasteiger charge is -2.35. The van der Waals surface area contributed by atoms with Crippen LogP contribution in [-0.2, 0) is 13.2 Å². The van der Waals surface area contributed by atoms with Crippen molar-refractivity contribution in [3.63, 3.8) is 0 Å². The van der Waals surface area contributed by atoms with Gasteiger partial charge in [0, 0.05) is 28.4 Å². The minimum atomic E-state index is -1.22. The average molecular weight is 531 g/mol. The van der Waals surface area contributed by atoms with Crippen LogP contribution in [0.25, 0.3) is 21.9 Å². The van der Waals surface area contributed by atoms with Crippen molar-refractivity contribution in [2.24, 2.45) is 11.3 Å². The number of fused-ring (bicyclic) bond motifs is 1. The first kappa shape index (κ1) is 27.9. The largest absolute Gasteiger partial charge is 0.489 e. The molecule has 0 radical (unpaired) electrons.